The summed E-state index contributed by atoms with van der Waals surface area (Å²) >= 11 is 0. The van der Waals surface area contributed by atoms with Crippen LogP contribution in [0.25, 0.3) is 11.1 Å². The van der Waals surface area contributed by atoms with E-state index in [9.17, 15) is 29.1 Å². The SMILES string of the molecule is CC(C)[C@H](N)C(=O)[C@@]1(C(=O)O)C(C(=O)c2ccc(C(=O)OC(C)(C)C)cc2)CCN1[C@H](C(=O)c1nc2ccccc2o1)C(C)C. The van der Waals surface area contributed by atoms with Crippen LogP contribution in [0.4, 0.5) is 0 Å². The van der Waals surface area contributed by atoms with Crippen LogP contribution in [-0.4, -0.2) is 74.0 Å². The Labute approximate surface area is 262 Å². The zero-order valence-electron chi connectivity index (χ0n) is 26.7. The van der Waals surface area contributed by atoms with E-state index in [-0.39, 0.29) is 30.0 Å². The van der Waals surface area contributed by atoms with Crippen LogP contribution in [0.15, 0.2) is 52.9 Å². The fourth-order valence-corrected chi connectivity index (χ4v) is 6.00. The molecule has 45 heavy (non-hydrogen) atoms. The molecule has 2 heterocycles. The number of Topliss-reactive ketones (excluding diaryl/α,β-unsaturated/α-hetero) is 3. The summed E-state index contributed by atoms with van der Waals surface area (Å²) < 4.78 is 11.1. The van der Waals surface area contributed by atoms with Gasteiger partial charge in [-0.3, -0.25) is 19.3 Å². The Bertz CT molecular complexity index is 1590. The number of hydrogen-bond acceptors (Lipinski definition) is 10. The zero-order chi connectivity index (χ0) is 33.4. The Morgan fingerprint density at radius 1 is 0.978 bits per heavy atom. The predicted octanol–water partition coefficient (Wildman–Crippen LogP) is 4.57. The number of aromatic nitrogens is 1. The number of hydrogen-bond donors (Lipinski definition) is 2. The van der Waals surface area contributed by atoms with Crippen molar-refractivity contribution in [3.8, 4) is 0 Å². The van der Waals surface area contributed by atoms with Gasteiger partial charge < -0.3 is 20.0 Å². The van der Waals surface area contributed by atoms with Gasteiger partial charge in [-0.15, -0.1) is 0 Å². The van der Waals surface area contributed by atoms with E-state index in [0.29, 0.717) is 11.1 Å². The lowest BCUT2D eigenvalue weighted by Gasteiger charge is -2.43. The van der Waals surface area contributed by atoms with E-state index < -0.39 is 70.3 Å². The summed E-state index contributed by atoms with van der Waals surface area (Å²) in [5.41, 5.74) is 4.30. The number of para-hydroxylation sites is 2. The lowest BCUT2D eigenvalue weighted by molar-refractivity contribution is -0.160. The molecule has 1 aliphatic rings. The summed E-state index contributed by atoms with van der Waals surface area (Å²) in [6.07, 6.45) is -0.0282. The third-order valence-corrected chi connectivity index (χ3v) is 8.20. The molecule has 11 heteroatoms. The molecule has 240 valence electrons. The number of benzene rings is 2. The molecule has 3 aromatic rings. The van der Waals surface area contributed by atoms with E-state index in [1.165, 1.54) is 29.2 Å². The topological polar surface area (TPSA) is 170 Å². The standard InChI is InChI=1S/C34H41N3O8/c1-18(2)25(35)29(40)34(32(42)43)22(27(38)20-12-14-21(15-13-20)31(41)45-33(5,6)7)16-17-37(34)26(19(3)4)28(39)30-36-23-10-8-9-11-24(23)44-30/h8-15,18-19,22,25-26H,16-17,35H2,1-7H3,(H,42,43)/t22?,25-,26-,34+/m0/s1. The highest BCUT2D eigenvalue weighted by Crippen LogP contribution is 2.43. The van der Waals surface area contributed by atoms with Gasteiger partial charge >= 0.3 is 11.9 Å². The van der Waals surface area contributed by atoms with Crippen LogP contribution < -0.4 is 5.73 Å². The van der Waals surface area contributed by atoms with Crippen LogP contribution in [0.2, 0.25) is 0 Å². The Kier molecular flexibility index (Phi) is 9.46. The molecule has 0 bridgehead atoms. The highest BCUT2D eigenvalue weighted by atomic mass is 16.6. The number of carboxylic acids is 1. The number of nitrogens with zero attached hydrogens (tertiary/aromatic N) is 2. The number of ether oxygens (including phenoxy) is 1. The molecule has 0 spiro atoms. The van der Waals surface area contributed by atoms with Gasteiger partial charge in [-0.1, -0.05) is 52.0 Å². The fraction of sp³-hybridized carbons (Fsp3) is 0.471. The van der Waals surface area contributed by atoms with Gasteiger partial charge in [-0.25, -0.2) is 14.6 Å². The van der Waals surface area contributed by atoms with Crippen molar-refractivity contribution in [2.75, 3.05) is 6.54 Å². The van der Waals surface area contributed by atoms with Crippen LogP contribution in [0, 0.1) is 17.8 Å². The Morgan fingerprint density at radius 2 is 1.58 bits per heavy atom. The van der Waals surface area contributed by atoms with Crippen LogP contribution in [0.5, 0.6) is 0 Å². The number of carbonyl (C=O) groups excluding carboxylic acids is 4. The maximum Gasteiger partial charge on any atom is 0.338 e. The highest BCUT2D eigenvalue weighted by molar-refractivity contribution is 6.17. The summed E-state index contributed by atoms with van der Waals surface area (Å²) in [5.74, 6) is -6.78. The van der Waals surface area contributed by atoms with Crippen LogP contribution in [0.3, 0.4) is 0 Å². The lowest BCUT2D eigenvalue weighted by Crippen LogP contribution is -2.69. The average Bonchev–Trinajstić information content (AvgIpc) is 3.58. The van der Waals surface area contributed by atoms with Crippen molar-refractivity contribution in [1.82, 2.24) is 9.88 Å². The monoisotopic (exact) mass is 619 g/mol. The molecule has 0 amide bonds. The molecule has 1 fully saturated rings. The molecule has 1 aromatic heterocycles. The Morgan fingerprint density at radius 3 is 2.11 bits per heavy atom. The number of ketones is 3. The second kappa shape index (κ2) is 12.6. The molecule has 1 saturated heterocycles. The summed E-state index contributed by atoms with van der Waals surface area (Å²) in [4.78, 5) is 74.2. The van der Waals surface area contributed by atoms with E-state index in [0.717, 1.165) is 0 Å². The largest absolute Gasteiger partial charge is 0.480 e. The molecule has 4 rings (SSSR count). The molecular formula is C34H41N3O8. The molecular weight excluding hydrogens is 578 g/mol. The molecule has 4 atom stereocenters. The third kappa shape index (κ3) is 6.32. The van der Waals surface area contributed by atoms with Crippen molar-refractivity contribution in [3.63, 3.8) is 0 Å². The first-order chi connectivity index (χ1) is 21.0. The number of esters is 1. The van der Waals surface area contributed by atoms with Crippen molar-refractivity contribution < 1.29 is 38.2 Å². The quantitative estimate of drug-likeness (QED) is 0.175. The second-order valence-corrected chi connectivity index (χ2v) is 13.2. The molecule has 0 saturated carbocycles. The van der Waals surface area contributed by atoms with Crippen molar-refractivity contribution in [3.05, 3.63) is 65.5 Å². The first-order valence-corrected chi connectivity index (χ1v) is 15.1. The van der Waals surface area contributed by atoms with E-state index in [4.69, 9.17) is 14.9 Å². The van der Waals surface area contributed by atoms with Crippen LogP contribution in [-0.2, 0) is 14.3 Å². The van der Waals surface area contributed by atoms with Crippen molar-refractivity contribution in [1.29, 1.82) is 0 Å². The van der Waals surface area contributed by atoms with Gasteiger partial charge in [0.15, 0.2) is 22.7 Å². The fourth-order valence-electron chi connectivity index (χ4n) is 6.00. The van der Waals surface area contributed by atoms with Gasteiger partial charge in [-0.05, 0) is 63.3 Å². The van der Waals surface area contributed by atoms with Gasteiger partial charge in [0, 0.05) is 12.1 Å². The minimum atomic E-state index is -2.46. The summed E-state index contributed by atoms with van der Waals surface area (Å²) in [6.45, 7) is 12.0. The molecule has 2 aromatic carbocycles. The van der Waals surface area contributed by atoms with Gasteiger partial charge in [0.05, 0.1) is 23.6 Å². The maximum absolute atomic E-state index is 14.3. The minimum Gasteiger partial charge on any atom is -0.480 e. The first kappa shape index (κ1) is 33.7. The molecule has 1 unspecified atom stereocenters. The number of oxazole rings is 1. The number of fused-ring (bicyclic) bond motifs is 1. The summed E-state index contributed by atoms with van der Waals surface area (Å²) in [7, 11) is 0. The number of carboxylic acid groups (broad SMARTS) is 1. The van der Waals surface area contributed by atoms with E-state index in [1.807, 2.05) is 0 Å². The number of likely N-dealkylation sites (tertiary alicyclic amines) is 1. The van der Waals surface area contributed by atoms with Crippen LogP contribution in [0.1, 0.15) is 86.3 Å². The third-order valence-electron chi connectivity index (χ3n) is 8.20. The Hall–Kier alpha value is -4.22. The summed E-state index contributed by atoms with van der Waals surface area (Å²) in [5, 5.41) is 10.9. The number of rotatable bonds is 11. The Balaban J connectivity index is 1.81. The molecule has 0 aliphatic carbocycles. The van der Waals surface area contributed by atoms with Gasteiger partial charge in [0.1, 0.15) is 11.1 Å². The lowest BCUT2D eigenvalue weighted by atomic mass is 9.72. The number of aliphatic carboxylic acids is 1. The predicted molar refractivity (Wildman–Crippen MR) is 166 cm³/mol. The maximum atomic E-state index is 14.3. The first-order valence-electron chi connectivity index (χ1n) is 15.1. The molecule has 3 N–H and O–H groups in total. The molecule has 1 aliphatic heterocycles. The second-order valence-electron chi connectivity index (χ2n) is 13.2. The van der Waals surface area contributed by atoms with E-state index in [2.05, 4.69) is 4.98 Å². The minimum absolute atomic E-state index is 0.0282. The van der Waals surface area contributed by atoms with E-state index >= 15 is 0 Å². The van der Waals surface area contributed by atoms with Gasteiger partial charge in [0.2, 0.25) is 5.78 Å². The van der Waals surface area contributed by atoms with Crippen LogP contribution >= 0.6 is 0 Å². The van der Waals surface area contributed by atoms with E-state index in [1.54, 1.807) is 72.7 Å². The smallest absolute Gasteiger partial charge is 0.338 e. The van der Waals surface area contributed by atoms with Crippen molar-refractivity contribution in [2.45, 2.75) is 78.1 Å². The number of nitrogens with two attached hydrogens (primary N) is 1. The number of carbonyl (C=O) groups is 5. The normalized spacial score (nSPS) is 20.4. The van der Waals surface area contributed by atoms with Crippen molar-refractivity contribution in [2.24, 2.45) is 23.5 Å². The van der Waals surface area contributed by atoms with Gasteiger partial charge in [-0.2, -0.15) is 0 Å². The zero-order valence-corrected chi connectivity index (χ0v) is 26.7. The average molecular weight is 620 g/mol. The van der Waals surface area contributed by atoms with Crippen molar-refractivity contribution >= 4 is 40.4 Å². The van der Waals surface area contributed by atoms with Gasteiger partial charge in [0.25, 0.3) is 5.89 Å². The highest BCUT2D eigenvalue weighted by Gasteiger charge is 2.66. The molecule has 11 nitrogen and oxygen atoms in total. The molecule has 0 radical (unpaired) electrons. The summed E-state index contributed by atoms with van der Waals surface area (Å²) in [6, 6.07) is 10.1.